The molecule has 7 rings (SSSR count). The van der Waals surface area contributed by atoms with E-state index in [1.165, 1.54) is 29.3 Å². The summed E-state index contributed by atoms with van der Waals surface area (Å²) in [4.78, 5) is 39.3. The Hall–Kier alpha value is -4.37. The number of amides is 1. The number of hydrazine groups is 1. The molecule has 2 saturated heterocycles. The number of carbonyl (C=O) groups excluding carboxylic acids is 2. The molecule has 0 aliphatic carbocycles. The fourth-order valence-electron chi connectivity index (χ4n) is 8.16. The highest BCUT2D eigenvalue weighted by molar-refractivity contribution is 7.10. The van der Waals surface area contributed by atoms with Gasteiger partial charge in [0.25, 0.3) is 5.91 Å². The first-order valence-electron chi connectivity index (χ1n) is 19.6. The van der Waals surface area contributed by atoms with Crippen LogP contribution in [-0.4, -0.2) is 114 Å². The fraction of sp³-hybridized carbons (Fsp3) is 0.550. The van der Waals surface area contributed by atoms with E-state index in [0.29, 0.717) is 41.0 Å². The van der Waals surface area contributed by atoms with E-state index in [0.717, 1.165) is 22.0 Å². The number of nitrogens with two attached hydrogens (primary N) is 1. The van der Waals surface area contributed by atoms with Gasteiger partial charge in [0.05, 0.1) is 64.8 Å². The number of ether oxygens (including phenoxy) is 2. The third kappa shape index (κ3) is 9.56. The number of fused-ring (bicyclic) bond motifs is 6. The zero-order valence-electron chi connectivity index (χ0n) is 33.6. The minimum absolute atomic E-state index is 0.00732. The quantitative estimate of drug-likeness (QED) is 0.166. The predicted octanol–water partition coefficient (Wildman–Crippen LogP) is 6.41. The lowest BCUT2D eigenvalue weighted by Crippen LogP contribution is -2.59. The number of nitrogens with zero attached hydrogens (tertiary/aromatic N) is 6. The van der Waals surface area contributed by atoms with Crippen LogP contribution in [0.3, 0.4) is 0 Å². The van der Waals surface area contributed by atoms with Crippen molar-refractivity contribution in [3.8, 4) is 22.5 Å². The van der Waals surface area contributed by atoms with Crippen molar-refractivity contribution in [1.29, 1.82) is 0 Å². The summed E-state index contributed by atoms with van der Waals surface area (Å²) in [7, 11) is 1.43. The number of thiazole rings is 1. The standard InChI is InChI=1S/C40H47F7N8O4S/c1-22(58-4)34-26(12-23(17-49-34)53-10-8-52(9-11-53)19-39(42,43)44)35-27-16-38(2,3)21-59-37(57)30-6-5-7-55(51-30)36(56)29(48)15-33-50-31(18-60-33)25-13-24(27)32(14-28(25)41)54(35)20-40(45,46)47/h12-14,17-18,22,29-30,51H,5-11,15-16,19-21,48H2,1-4H3/t22-,29?,30-/m0/s1. The molecule has 3 aliphatic rings. The van der Waals surface area contributed by atoms with Crippen LogP contribution in [0.5, 0.6) is 0 Å². The first kappa shape index (κ1) is 43.7. The number of piperazine rings is 1. The van der Waals surface area contributed by atoms with Crippen molar-refractivity contribution >= 4 is 39.8 Å². The number of esters is 1. The smallest absolute Gasteiger partial charge is 0.406 e. The number of hydrogen-bond acceptors (Lipinski definition) is 11. The summed E-state index contributed by atoms with van der Waals surface area (Å²) in [5.74, 6) is -1.91. The van der Waals surface area contributed by atoms with E-state index < -0.39 is 66.7 Å². The molecule has 3 atom stereocenters. The third-order valence-electron chi connectivity index (χ3n) is 11.2. The number of cyclic esters (lactones) is 1. The molecule has 20 heteroatoms. The van der Waals surface area contributed by atoms with Crippen LogP contribution in [0.2, 0.25) is 0 Å². The van der Waals surface area contributed by atoms with E-state index >= 15 is 4.39 Å². The number of hydrogen-bond donors (Lipinski definition) is 2. The van der Waals surface area contributed by atoms with Gasteiger partial charge >= 0.3 is 18.3 Å². The van der Waals surface area contributed by atoms with Crippen molar-refractivity contribution in [2.45, 2.75) is 83.5 Å². The summed E-state index contributed by atoms with van der Waals surface area (Å²) in [5.41, 5.74) is 9.99. The molecule has 6 heterocycles. The second-order valence-corrected chi connectivity index (χ2v) is 17.4. The van der Waals surface area contributed by atoms with Crippen molar-refractivity contribution in [2.24, 2.45) is 11.1 Å². The number of aromatic nitrogens is 3. The van der Waals surface area contributed by atoms with Gasteiger partial charge in [-0.25, -0.2) is 14.8 Å². The molecule has 326 valence electrons. The van der Waals surface area contributed by atoms with Gasteiger partial charge in [0.15, 0.2) is 0 Å². The van der Waals surface area contributed by atoms with Gasteiger partial charge in [-0.05, 0) is 49.9 Å². The first-order valence-corrected chi connectivity index (χ1v) is 20.5. The van der Waals surface area contributed by atoms with Crippen LogP contribution >= 0.6 is 11.3 Å². The average Bonchev–Trinajstić information content (AvgIpc) is 3.75. The summed E-state index contributed by atoms with van der Waals surface area (Å²) in [6.07, 6.45) is -7.44. The van der Waals surface area contributed by atoms with E-state index in [1.807, 2.05) is 4.90 Å². The number of halogens is 7. The van der Waals surface area contributed by atoms with Crippen LogP contribution in [0.4, 0.5) is 36.4 Å². The van der Waals surface area contributed by atoms with E-state index in [4.69, 9.17) is 20.2 Å². The predicted molar refractivity (Wildman–Crippen MR) is 210 cm³/mol. The molecule has 3 aliphatic heterocycles. The molecule has 60 heavy (non-hydrogen) atoms. The highest BCUT2D eigenvalue weighted by Gasteiger charge is 2.38. The van der Waals surface area contributed by atoms with E-state index in [2.05, 4.69) is 10.4 Å². The molecule has 3 N–H and O–H groups in total. The number of pyridine rings is 1. The lowest BCUT2D eigenvalue weighted by Gasteiger charge is -2.36. The maximum Gasteiger partial charge on any atom is 0.406 e. The molecule has 0 radical (unpaired) electrons. The topological polar surface area (TPSA) is 131 Å². The van der Waals surface area contributed by atoms with Gasteiger partial charge in [0.1, 0.15) is 18.4 Å². The van der Waals surface area contributed by atoms with Crippen molar-refractivity contribution < 1.29 is 49.8 Å². The monoisotopic (exact) mass is 868 g/mol. The molecule has 1 amide bonds. The number of alkyl halides is 6. The van der Waals surface area contributed by atoms with Crippen LogP contribution in [0.25, 0.3) is 33.4 Å². The molecule has 12 nitrogen and oxygen atoms in total. The Labute approximate surface area is 345 Å². The summed E-state index contributed by atoms with van der Waals surface area (Å²) in [6.45, 7) is 3.42. The lowest BCUT2D eigenvalue weighted by atomic mass is 9.84. The summed E-state index contributed by atoms with van der Waals surface area (Å²) in [6, 6.07) is 2.30. The van der Waals surface area contributed by atoms with Crippen LogP contribution < -0.4 is 16.1 Å². The number of nitrogens with one attached hydrogen (secondary N) is 1. The number of anilines is 1. The molecular weight excluding hydrogens is 822 g/mol. The molecular formula is C40H47F7N8O4S. The van der Waals surface area contributed by atoms with Crippen LogP contribution in [0, 0.1) is 11.2 Å². The second kappa shape index (κ2) is 16.8. The third-order valence-corrected chi connectivity index (χ3v) is 12.0. The normalized spacial score (nSPS) is 21.6. The SMILES string of the molecule is CO[C@@H](C)c1ncc(N2CCN(CC(F)(F)F)CC2)cc1-c1c2c3cc(c(F)cc3n1CC(F)(F)F)-c1csc(n1)CC(N)C(=O)N1CCC[C@H](N1)C(=O)OCC(C)(C)C2. The molecule has 0 spiro atoms. The highest BCUT2D eigenvalue weighted by atomic mass is 32.1. The molecule has 0 saturated carbocycles. The van der Waals surface area contributed by atoms with Gasteiger partial charge < -0.3 is 24.7 Å². The zero-order chi connectivity index (χ0) is 43.3. The zero-order valence-corrected chi connectivity index (χ0v) is 34.4. The van der Waals surface area contributed by atoms with E-state index in [-0.39, 0.29) is 79.4 Å². The maximum absolute atomic E-state index is 16.4. The fourth-order valence-corrected chi connectivity index (χ4v) is 9.02. The molecule has 3 aromatic heterocycles. The van der Waals surface area contributed by atoms with Gasteiger partial charge in [-0.2, -0.15) is 26.3 Å². The minimum Gasteiger partial charge on any atom is -0.464 e. The Kier molecular flexibility index (Phi) is 12.3. The maximum atomic E-state index is 16.4. The number of methoxy groups -OCH3 is 1. The van der Waals surface area contributed by atoms with Gasteiger partial charge in [-0.3, -0.25) is 24.5 Å². The molecule has 4 aromatic rings. The highest BCUT2D eigenvalue weighted by Crippen LogP contribution is 2.44. The summed E-state index contributed by atoms with van der Waals surface area (Å²) >= 11 is 1.16. The van der Waals surface area contributed by atoms with Crippen LogP contribution in [0.15, 0.2) is 29.8 Å². The number of rotatable bonds is 6. The Bertz CT molecular complexity index is 2230. The average molecular weight is 869 g/mol. The van der Waals surface area contributed by atoms with E-state index in [1.54, 1.807) is 32.2 Å². The molecule has 1 unspecified atom stereocenters. The van der Waals surface area contributed by atoms with Gasteiger partial charge in [0, 0.05) is 73.6 Å². The molecule has 1 aromatic carbocycles. The van der Waals surface area contributed by atoms with Crippen molar-refractivity contribution in [2.75, 3.05) is 57.9 Å². The van der Waals surface area contributed by atoms with Crippen molar-refractivity contribution in [1.82, 2.24) is 29.9 Å². The van der Waals surface area contributed by atoms with Crippen LogP contribution in [0.1, 0.15) is 56.0 Å². The number of benzene rings is 1. The Morgan fingerprint density at radius 2 is 1.75 bits per heavy atom. The van der Waals surface area contributed by atoms with Gasteiger partial charge in [0.2, 0.25) is 0 Å². The number of carbonyl (C=O) groups is 2. The first-order chi connectivity index (χ1) is 28.2. The second-order valence-electron chi connectivity index (χ2n) is 16.5. The summed E-state index contributed by atoms with van der Waals surface area (Å²) in [5, 5.41) is 3.63. The Morgan fingerprint density at radius 3 is 2.43 bits per heavy atom. The van der Waals surface area contributed by atoms with Crippen LogP contribution in [-0.2, 0) is 38.4 Å². The van der Waals surface area contributed by atoms with E-state index in [9.17, 15) is 35.9 Å². The van der Waals surface area contributed by atoms with Crippen molar-refractivity contribution in [3.05, 3.63) is 51.9 Å². The minimum atomic E-state index is -4.78. The van der Waals surface area contributed by atoms with Gasteiger partial charge in [-0.15, -0.1) is 11.3 Å². The largest absolute Gasteiger partial charge is 0.464 e. The van der Waals surface area contributed by atoms with Crippen molar-refractivity contribution in [3.63, 3.8) is 0 Å². The lowest BCUT2D eigenvalue weighted by molar-refractivity contribution is -0.155. The summed E-state index contributed by atoms with van der Waals surface area (Å²) < 4.78 is 113. The molecule has 2 fully saturated rings. The Morgan fingerprint density at radius 1 is 1.03 bits per heavy atom. The Balaban J connectivity index is 1.43. The van der Waals surface area contributed by atoms with Gasteiger partial charge in [-0.1, -0.05) is 13.8 Å². The molecule has 6 bridgehead atoms.